The standard InChI is InChI=1S/C11H14N2O4S/c1-17-10(14)8-9(18-6-12-8)7-2-4-13(5-3-7)11(15)16/h6-7H,2-5H2,1H3,(H,15,16). The topological polar surface area (TPSA) is 79.7 Å². The third-order valence-corrected chi connectivity index (χ3v) is 4.10. The molecule has 2 heterocycles. The molecule has 1 aromatic rings. The fourth-order valence-corrected chi connectivity index (χ4v) is 3.08. The van der Waals surface area contributed by atoms with E-state index in [1.807, 2.05) is 0 Å². The molecule has 0 aliphatic carbocycles. The van der Waals surface area contributed by atoms with Crippen LogP contribution < -0.4 is 0 Å². The Morgan fingerprint density at radius 3 is 2.72 bits per heavy atom. The van der Waals surface area contributed by atoms with Gasteiger partial charge in [-0.05, 0) is 18.8 Å². The van der Waals surface area contributed by atoms with E-state index in [1.54, 1.807) is 5.51 Å². The van der Waals surface area contributed by atoms with E-state index < -0.39 is 12.1 Å². The fraction of sp³-hybridized carbons (Fsp3) is 0.545. The number of thiazole rings is 1. The van der Waals surface area contributed by atoms with Gasteiger partial charge in [-0.15, -0.1) is 11.3 Å². The molecule has 0 atom stereocenters. The van der Waals surface area contributed by atoms with Gasteiger partial charge >= 0.3 is 12.1 Å². The number of methoxy groups -OCH3 is 1. The van der Waals surface area contributed by atoms with Crippen molar-refractivity contribution in [3.63, 3.8) is 0 Å². The fourth-order valence-electron chi connectivity index (χ4n) is 2.13. The summed E-state index contributed by atoms with van der Waals surface area (Å²) in [4.78, 5) is 28.7. The van der Waals surface area contributed by atoms with E-state index in [-0.39, 0.29) is 5.92 Å². The molecule has 1 saturated heterocycles. The molecule has 1 aliphatic heterocycles. The van der Waals surface area contributed by atoms with Gasteiger partial charge in [-0.1, -0.05) is 0 Å². The van der Waals surface area contributed by atoms with Crippen molar-refractivity contribution in [2.24, 2.45) is 0 Å². The van der Waals surface area contributed by atoms with Crippen LogP contribution in [0.3, 0.4) is 0 Å². The first kappa shape index (κ1) is 12.8. The number of esters is 1. The monoisotopic (exact) mass is 270 g/mol. The molecule has 6 nitrogen and oxygen atoms in total. The molecule has 1 aliphatic rings. The van der Waals surface area contributed by atoms with Gasteiger partial charge in [0.15, 0.2) is 5.69 Å². The number of amides is 1. The Morgan fingerprint density at radius 1 is 1.50 bits per heavy atom. The van der Waals surface area contributed by atoms with Crippen LogP contribution in [0.1, 0.15) is 34.1 Å². The van der Waals surface area contributed by atoms with E-state index in [9.17, 15) is 9.59 Å². The summed E-state index contributed by atoms with van der Waals surface area (Å²) in [5.74, 6) is -0.228. The van der Waals surface area contributed by atoms with Gasteiger partial charge in [-0.2, -0.15) is 0 Å². The molecule has 0 radical (unpaired) electrons. The molecule has 7 heteroatoms. The molecule has 1 amide bonds. The van der Waals surface area contributed by atoms with Crippen molar-refractivity contribution in [3.05, 3.63) is 16.1 Å². The highest BCUT2D eigenvalue weighted by Gasteiger charge is 2.28. The van der Waals surface area contributed by atoms with Crippen molar-refractivity contribution in [1.29, 1.82) is 0 Å². The molecular weight excluding hydrogens is 256 g/mol. The summed E-state index contributed by atoms with van der Waals surface area (Å²) < 4.78 is 4.69. The normalized spacial score (nSPS) is 16.6. The minimum Gasteiger partial charge on any atom is -0.465 e. The van der Waals surface area contributed by atoms with Crippen LogP contribution in [0.15, 0.2) is 5.51 Å². The van der Waals surface area contributed by atoms with Gasteiger partial charge in [0.25, 0.3) is 0 Å². The lowest BCUT2D eigenvalue weighted by Gasteiger charge is -2.29. The number of carbonyl (C=O) groups is 2. The molecule has 0 unspecified atom stereocenters. The molecule has 1 aromatic heterocycles. The highest BCUT2D eigenvalue weighted by molar-refractivity contribution is 7.10. The first-order chi connectivity index (χ1) is 8.63. The second-order valence-corrected chi connectivity index (χ2v) is 4.99. The zero-order valence-corrected chi connectivity index (χ0v) is 10.8. The summed E-state index contributed by atoms with van der Waals surface area (Å²) in [5, 5.41) is 8.88. The number of carboxylic acid groups (broad SMARTS) is 1. The Morgan fingerprint density at radius 2 is 2.17 bits per heavy atom. The van der Waals surface area contributed by atoms with E-state index in [0.717, 1.165) is 17.7 Å². The summed E-state index contributed by atoms with van der Waals surface area (Å²) >= 11 is 1.43. The molecular formula is C11H14N2O4S. The van der Waals surface area contributed by atoms with E-state index in [2.05, 4.69) is 9.72 Å². The van der Waals surface area contributed by atoms with Crippen LogP contribution in [0.5, 0.6) is 0 Å². The minimum atomic E-state index is -0.883. The number of hydrogen-bond acceptors (Lipinski definition) is 5. The molecule has 98 valence electrons. The summed E-state index contributed by atoms with van der Waals surface area (Å²) in [7, 11) is 1.33. The van der Waals surface area contributed by atoms with Gasteiger partial charge in [0, 0.05) is 18.0 Å². The first-order valence-corrected chi connectivity index (χ1v) is 6.51. The van der Waals surface area contributed by atoms with Gasteiger partial charge in [0.2, 0.25) is 0 Å². The maximum Gasteiger partial charge on any atom is 0.407 e. The highest BCUT2D eigenvalue weighted by atomic mass is 32.1. The second-order valence-electron chi connectivity index (χ2n) is 4.10. The largest absolute Gasteiger partial charge is 0.465 e. The van der Waals surface area contributed by atoms with Gasteiger partial charge < -0.3 is 14.7 Å². The number of likely N-dealkylation sites (tertiary alicyclic amines) is 1. The smallest absolute Gasteiger partial charge is 0.407 e. The predicted molar refractivity (Wildman–Crippen MR) is 65.0 cm³/mol. The van der Waals surface area contributed by atoms with E-state index in [1.165, 1.54) is 23.3 Å². The van der Waals surface area contributed by atoms with Crippen molar-refractivity contribution in [2.75, 3.05) is 20.2 Å². The number of ether oxygens (including phenoxy) is 1. The Hall–Kier alpha value is -1.63. The molecule has 0 bridgehead atoms. The third kappa shape index (κ3) is 2.45. The third-order valence-electron chi connectivity index (χ3n) is 3.11. The number of aromatic nitrogens is 1. The number of nitrogens with zero attached hydrogens (tertiary/aromatic N) is 2. The zero-order valence-electron chi connectivity index (χ0n) is 9.96. The number of carbonyl (C=O) groups excluding carboxylic acids is 1. The van der Waals surface area contributed by atoms with Crippen LogP contribution in [0.25, 0.3) is 0 Å². The molecule has 1 fully saturated rings. The molecule has 0 spiro atoms. The molecule has 2 rings (SSSR count). The summed E-state index contributed by atoms with van der Waals surface area (Å²) in [6.45, 7) is 0.997. The molecule has 1 N–H and O–H groups in total. The van der Waals surface area contributed by atoms with E-state index in [4.69, 9.17) is 5.11 Å². The maximum atomic E-state index is 11.5. The van der Waals surface area contributed by atoms with Crippen molar-refractivity contribution < 1.29 is 19.4 Å². The predicted octanol–water partition coefficient (Wildman–Crippen LogP) is 1.79. The Bertz CT molecular complexity index is 452. The lowest BCUT2D eigenvalue weighted by molar-refractivity contribution is 0.0592. The van der Waals surface area contributed by atoms with E-state index >= 15 is 0 Å². The van der Waals surface area contributed by atoms with Crippen LogP contribution in [0.2, 0.25) is 0 Å². The van der Waals surface area contributed by atoms with Crippen molar-refractivity contribution >= 4 is 23.4 Å². The first-order valence-electron chi connectivity index (χ1n) is 5.63. The Kier molecular flexibility index (Phi) is 3.81. The molecule has 0 aromatic carbocycles. The summed E-state index contributed by atoms with van der Waals surface area (Å²) in [6, 6.07) is 0. The van der Waals surface area contributed by atoms with Crippen LogP contribution in [0, 0.1) is 0 Å². The Labute approximate surface area is 108 Å². The van der Waals surface area contributed by atoms with Crippen LogP contribution in [0.4, 0.5) is 4.79 Å². The van der Waals surface area contributed by atoms with Gasteiger partial charge in [-0.25, -0.2) is 14.6 Å². The lowest BCUT2D eigenvalue weighted by atomic mass is 9.94. The molecule has 18 heavy (non-hydrogen) atoms. The summed E-state index contributed by atoms with van der Waals surface area (Å²) in [6.07, 6.45) is 0.558. The maximum absolute atomic E-state index is 11.5. The average molecular weight is 270 g/mol. The van der Waals surface area contributed by atoms with Gasteiger partial charge in [0.1, 0.15) is 0 Å². The second kappa shape index (κ2) is 5.34. The number of piperidine rings is 1. The SMILES string of the molecule is COC(=O)c1ncsc1C1CCN(C(=O)O)CC1. The minimum absolute atomic E-state index is 0.196. The highest BCUT2D eigenvalue weighted by Crippen LogP contribution is 2.33. The molecule has 0 saturated carbocycles. The quantitative estimate of drug-likeness (QED) is 0.829. The van der Waals surface area contributed by atoms with Crippen molar-refractivity contribution in [1.82, 2.24) is 9.88 Å². The van der Waals surface area contributed by atoms with Crippen LogP contribution in [-0.2, 0) is 4.74 Å². The van der Waals surface area contributed by atoms with Crippen molar-refractivity contribution in [3.8, 4) is 0 Å². The van der Waals surface area contributed by atoms with Gasteiger partial charge in [0.05, 0.1) is 12.6 Å². The lowest BCUT2D eigenvalue weighted by Crippen LogP contribution is -2.36. The number of rotatable bonds is 2. The average Bonchev–Trinajstić information content (AvgIpc) is 2.87. The van der Waals surface area contributed by atoms with E-state index in [0.29, 0.717) is 18.8 Å². The zero-order chi connectivity index (χ0) is 13.1. The summed E-state index contributed by atoms with van der Waals surface area (Å²) in [5.41, 5.74) is 2.00. The van der Waals surface area contributed by atoms with Crippen LogP contribution >= 0.6 is 11.3 Å². The van der Waals surface area contributed by atoms with Crippen LogP contribution in [-0.4, -0.2) is 47.3 Å². The number of hydrogen-bond donors (Lipinski definition) is 1. The van der Waals surface area contributed by atoms with Gasteiger partial charge in [-0.3, -0.25) is 0 Å². The Balaban J connectivity index is 2.08. The van der Waals surface area contributed by atoms with Crippen molar-refractivity contribution in [2.45, 2.75) is 18.8 Å².